The molecule has 8 heteroatoms. The number of carbonyl (C=O) groups excluding carboxylic acids is 2. The molecule has 8 nitrogen and oxygen atoms in total. The van der Waals surface area contributed by atoms with Crippen molar-refractivity contribution in [2.24, 2.45) is 0 Å². The number of urea groups is 1. The molecule has 0 heterocycles. The third-order valence-corrected chi connectivity index (χ3v) is 2.83. The van der Waals surface area contributed by atoms with E-state index in [1.165, 1.54) is 19.1 Å². The molecule has 0 aliphatic rings. The van der Waals surface area contributed by atoms with Crippen LogP contribution in [0.4, 0.5) is 4.79 Å². The van der Waals surface area contributed by atoms with Crippen molar-refractivity contribution in [3.63, 3.8) is 0 Å². The number of hydrogen-bond donors (Lipinski definition) is 3. The standard InChI is InChI=1S/C13H25N3O5/c1-4-7-16(9-11(17)14-2)13(20)15-10(12(18)19)6-5-8-21-3/h10H,4-9H2,1-3H3,(H,14,17)(H,15,20)(H,18,19). The van der Waals surface area contributed by atoms with Crippen LogP contribution in [0.15, 0.2) is 0 Å². The van der Waals surface area contributed by atoms with Gasteiger partial charge in [0.15, 0.2) is 0 Å². The molecular weight excluding hydrogens is 278 g/mol. The van der Waals surface area contributed by atoms with Gasteiger partial charge in [-0.15, -0.1) is 0 Å². The maximum absolute atomic E-state index is 12.1. The number of aliphatic carboxylic acids is 1. The zero-order chi connectivity index (χ0) is 16.3. The summed E-state index contributed by atoms with van der Waals surface area (Å²) in [6.45, 7) is 2.58. The van der Waals surface area contributed by atoms with Gasteiger partial charge in [-0.2, -0.15) is 0 Å². The summed E-state index contributed by atoms with van der Waals surface area (Å²) >= 11 is 0. The van der Waals surface area contributed by atoms with E-state index >= 15 is 0 Å². The minimum Gasteiger partial charge on any atom is -0.480 e. The number of carbonyl (C=O) groups is 3. The van der Waals surface area contributed by atoms with Crippen molar-refractivity contribution in [2.75, 3.05) is 33.9 Å². The van der Waals surface area contributed by atoms with Gasteiger partial charge in [0.1, 0.15) is 12.6 Å². The lowest BCUT2D eigenvalue weighted by atomic mass is 10.1. The fourth-order valence-electron chi connectivity index (χ4n) is 1.70. The van der Waals surface area contributed by atoms with E-state index in [0.29, 0.717) is 26.0 Å². The van der Waals surface area contributed by atoms with Crippen molar-refractivity contribution >= 4 is 17.9 Å². The zero-order valence-electron chi connectivity index (χ0n) is 12.8. The number of methoxy groups -OCH3 is 1. The Kier molecular flexibility index (Phi) is 9.95. The van der Waals surface area contributed by atoms with E-state index in [4.69, 9.17) is 9.84 Å². The molecule has 0 rings (SSSR count). The number of ether oxygens (including phenoxy) is 1. The van der Waals surface area contributed by atoms with Crippen LogP contribution in [0.1, 0.15) is 26.2 Å². The molecule has 3 N–H and O–H groups in total. The monoisotopic (exact) mass is 303 g/mol. The average molecular weight is 303 g/mol. The molecule has 3 amide bonds. The van der Waals surface area contributed by atoms with Gasteiger partial charge in [0.25, 0.3) is 0 Å². The van der Waals surface area contributed by atoms with E-state index in [0.717, 1.165) is 0 Å². The van der Waals surface area contributed by atoms with Gasteiger partial charge in [0, 0.05) is 27.3 Å². The summed E-state index contributed by atoms with van der Waals surface area (Å²) in [5.74, 6) is -1.40. The maximum Gasteiger partial charge on any atom is 0.326 e. The summed E-state index contributed by atoms with van der Waals surface area (Å²) < 4.78 is 4.86. The largest absolute Gasteiger partial charge is 0.480 e. The molecule has 0 saturated heterocycles. The molecule has 1 atom stereocenters. The smallest absolute Gasteiger partial charge is 0.326 e. The summed E-state index contributed by atoms with van der Waals surface area (Å²) in [5, 5.41) is 14.0. The van der Waals surface area contributed by atoms with Crippen molar-refractivity contribution in [1.82, 2.24) is 15.5 Å². The number of carboxylic acid groups (broad SMARTS) is 1. The number of hydrogen-bond acceptors (Lipinski definition) is 4. The highest BCUT2D eigenvalue weighted by molar-refractivity contribution is 5.86. The fraction of sp³-hybridized carbons (Fsp3) is 0.769. The highest BCUT2D eigenvalue weighted by Gasteiger charge is 2.23. The van der Waals surface area contributed by atoms with E-state index in [2.05, 4.69) is 10.6 Å². The number of nitrogens with one attached hydrogen (secondary N) is 2. The summed E-state index contributed by atoms with van der Waals surface area (Å²) in [5.41, 5.74) is 0. The normalized spacial score (nSPS) is 11.6. The fourth-order valence-corrected chi connectivity index (χ4v) is 1.70. The summed E-state index contributed by atoms with van der Waals surface area (Å²) in [7, 11) is 3.01. The molecule has 0 saturated carbocycles. The average Bonchev–Trinajstić information content (AvgIpc) is 2.45. The summed E-state index contributed by atoms with van der Waals surface area (Å²) in [6, 6.07) is -1.54. The minimum absolute atomic E-state index is 0.0966. The van der Waals surface area contributed by atoms with Gasteiger partial charge < -0.3 is 25.4 Å². The Morgan fingerprint density at radius 2 is 2.00 bits per heavy atom. The number of carboxylic acids is 1. The van der Waals surface area contributed by atoms with Gasteiger partial charge in [-0.3, -0.25) is 4.79 Å². The molecule has 0 fully saturated rings. The van der Waals surface area contributed by atoms with E-state index in [1.54, 1.807) is 0 Å². The topological polar surface area (TPSA) is 108 Å². The van der Waals surface area contributed by atoms with Gasteiger partial charge in [0.2, 0.25) is 5.91 Å². The van der Waals surface area contributed by atoms with Crippen LogP contribution < -0.4 is 10.6 Å². The highest BCUT2D eigenvalue weighted by atomic mass is 16.5. The van der Waals surface area contributed by atoms with Crippen LogP contribution in [0.5, 0.6) is 0 Å². The van der Waals surface area contributed by atoms with E-state index in [1.807, 2.05) is 6.92 Å². The number of rotatable bonds is 10. The van der Waals surface area contributed by atoms with Gasteiger partial charge in [-0.1, -0.05) is 6.92 Å². The first-order valence-electron chi connectivity index (χ1n) is 6.94. The van der Waals surface area contributed by atoms with E-state index < -0.39 is 18.0 Å². The van der Waals surface area contributed by atoms with Crippen molar-refractivity contribution in [3.05, 3.63) is 0 Å². The second-order valence-corrected chi connectivity index (χ2v) is 4.57. The lowest BCUT2D eigenvalue weighted by Crippen LogP contribution is -2.50. The van der Waals surface area contributed by atoms with Crippen molar-refractivity contribution in [3.8, 4) is 0 Å². The molecule has 1 unspecified atom stereocenters. The number of nitrogens with zero attached hydrogens (tertiary/aromatic N) is 1. The van der Waals surface area contributed by atoms with Crippen molar-refractivity contribution in [1.29, 1.82) is 0 Å². The SMILES string of the molecule is CCCN(CC(=O)NC)C(=O)NC(CCCOC)C(=O)O. The van der Waals surface area contributed by atoms with Crippen LogP contribution in [-0.4, -0.2) is 67.8 Å². The van der Waals surface area contributed by atoms with Gasteiger partial charge >= 0.3 is 12.0 Å². The predicted molar refractivity (Wildman–Crippen MR) is 77.0 cm³/mol. The molecule has 0 radical (unpaired) electrons. The number of likely N-dealkylation sites (N-methyl/N-ethyl adjacent to an activating group) is 1. The van der Waals surface area contributed by atoms with Crippen LogP contribution in [-0.2, 0) is 14.3 Å². The molecule has 0 aliphatic heterocycles. The molecule has 122 valence electrons. The molecular formula is C13H25N3O5. The first-order chi connectivity index (χ1) is 9.96. The summed E-state index contributed by atoms with van der Waals surface area (Å²) in [6.07, 6.45) is 1.47. The quantitative estimate of drug-likeness (QED) is 0.494. The van der Waals surface area contributed by atoms with E-state index in [9.17, 15) is 14.4 Å². The minimum atomic E-state index is -1.10. The molecule has 0 aromatic heterocycles. The number of amides is 3. The van der Waals surface area contributed by atoms with Crippen LogP contribution in [0.2, 0.25) is 0 Å². The van der Waals surface area contributed by atoms with Crippen LogP contribution in [0.25, 0.3) is 0 Å². The van der Waals surface area contributed by atoms with Crippen LogP contribution in [0, 0.1) is 0 Å². The Bertz CT molecular complexity index is 349. The Labute approximate surface area is 124 Å². The summed E-state index contributed by atoms with van der Waals surface area (Å²) in [4.78, 5) is 35.9. The van der Waals surface area contributed by atoms with Crippen LogP contribution >= 0.6 is 0 Å². The Morgan fingerprint density at radius 1 is 1.33 bits per heavy atom. The third-order valence-electron chi connectivity index (χ3n) is 2.83. The molecule has 0 aromatic carbocycles. The second kappa shape index (κ2) is 10.9. The molecule has 21 heavy (non-hydrogen) atoms. The molecule has 0 spiro atoms. The van der Waals surface area contributed by atoms with Crippen molar-refractivity contribution in [2.45, 2.75) is 32.2 Å². The van der Waals surface area contributed by atoms with Crippen molar-refractivity contribution < 1.29 is 24.2 Å². The van der Waals surface area contributed by atoms with Gasteiger partial charge in [0.05, 0.1) is 0 Å². The molecule has 0 aromatic rings. The molecule has 0 aliphatic carbocycles. The lowest BCUT2D eigenvalue weighted by molar-refractivity contribution is -0.139. The predicted octanol–water partition coefficient (Wildman–Crippen LogP) is 0.0338. The van der Waals surface area contributed by atoms with E-state index in [-0.39, 0.29) is 18.9 Å². The first kappa shape index (κ1) is 19.2. The Morgan fingerprint density at radius 3 is 2.48 bits per heavy atom. The first-order valence-corrected chi connectivity index (χ1v) is 6.94. The lowest BCUT2D eigenvalue weighted by Gasteiger charge is -2.24. The van der Waals surface area contributed by atoms with Gasteiger partial charge in [-0.25, -0.2) is 9.59 Å². The van der Waals surface area contributed by atoms with Crippen LogP contribution in [0.3, 0.4) is 0 Å². The second-order valence-electron chi connectivity index (χ2n) is 4.57. The maximum atomic E-state index is 12.1. The zero-order valence-corrected chi connectivity index (χ0v) is 12.8. The molecule has 0 bridgehead atoms. The highest BCUT2D eigenvalue weighted by Crippen LogP contribution is 2.01. The Hall–Kier alpha value is -1.83. The Balaban J connectivity index is 4.58. The van der Waals surface area contributed by atoms with Gasteiger partial charge in [-0.05, 0) is 19.3 Å². The third kappa shape index (κ3) is 8.13.